The highest BCUT2D eigenvalue weighted by atomic mass is 16.5. The van der Waals surface area contributed by atoms with Crippen molar-refractivity contribution in [2.24, 2.45) is 0 Å². The van der Waals surface area contributed by atoms with Crippen LogP contribution in [0, 0.1) is 0 Å². The summed E-state index contributed by atoms with van der Waals surface area (Å²) in [5, 5.41) is 8.85. The standard InChI is InChI=1S/C13H18O5/c1-9(2)17-6-7-18-11-5-4-10(13(14)15)8-12(11)16-3/h4-5,8-9H,6-7H2,1-3H3,(H,14,15). The molecule has 0 saturated carbocycles. The summed E-state index contributed by atoms with van der Waals surface area (Å²) >= 11 is 0. The molecule has 18 heavy (non-hydrogen) atoms. The number of carboxylic acids is 1. The summed E-state index contributed by atoms with van der Waals surface area (Å²) in [7, 11) is 1.47. The summed E-state index contributed by atoms with van der Waals surface area (Å²) < 4.78 is 15.9. The Kier molecular flexibility index (Phi) is 5.45. The molecule has 5 nitrogen and oxygen atoms in total. The first-order valence-corrected chi connectivity index (χ1v) is 5.70. The topological polar surface area (TPSA) is 65.0 Å². The lowest BCUT2D eigenvalue weighted by atomic mass is 10.2. The smallest absolute Gasteiger partial charge is 0.335 e. The second-order valence-corrected chi connectivity index (χ2v) is 3.94. The number of aromatic carboxylic acids is 1. The Balaban J connectivity index is 2.62. The second-order valence-electron chi connectivity index (χ2n) is 3.94. The number of methoxy groups -OCH3 is 1. The zero-order valence-electron chi connectivity index (χ0n) is 10.8. The van der Waals surface area contributed by atoms with E-state index in [1.54, 1.807) is 6.07 Å². The van der Waals surface area contributed by atoms with Crippen LogP contribution in [0.25, 0.3) is 0 Å². The average molecular weight is 254 g/mol. The van der Waals surface area contributed by atoms with Gasteiger partial charge in [0.1, 0.15) is 6.61 Å². The molecule has 1 rings (SSSR count). The molecule has 0 fully saturated rings. The van der Waals surface area contributed by atoms with E-state index in [2.05, 4.69) is 0 Å². The Bertz CT molecular complexity index is 400. The highest BCUT2D eigenvalue weighted by Crippen LogP contribution is 2.27. The van der Waals surface area contributed by atoms with Crippen LogP contribution in [0.1, 0.15) is 24.2 Å². The largest absolute Gasteiger partial charge is 0.493 e. The average Bonchev–Trinajstić information content (AvgIpc) is 2.34. The highest BCUT2D eigenvalue weighted by Gasteiger charge is 2.09. The van der Waals surface area contributed by atoms with E-state index in [0.717, 1.165) is 0 Å². The van der Waals surface area contributed by atoms with E-state index >= 15 is 0 Å². The normalized spacial score (nSPS) is 10.4. The first kappa shape index (κ1) is 14.3. The van der Waals surface area contributed by atoms with Gasteiger partial charge in [-0.2, -0.15) is 0 Å². The minimum absolute atomic E-state index is 0.157. The zero-order valence-corrected chi connectivity index (χ0v) is 10.8. The SMILES string of the molecule is COc1cc(C(=O)O)ccc1OCCOC(C)C. The zero-order chi connectivity index (χ0) is 13.5. The monoisotopic (exact) mass is 254 g/mol. The van der Waals surface area contributed by atoms with Gasteiger partial charge in [-0.05, 0) is 32.0 Å². The number of benzene rings is 1. The summed E-state index contributed by atoms with van der Waals surface area (Å²) in [6.45, 7) is 4.76. The molecule has 0 radical (unpaired) electrons. The molecular formula is C13H18O5. The van der Waals surface area contributed by atoms with E-state index in [1.807, 2.05) is 13.8 Å². The van der Waals surface area contributed by atoms with Gasteiger partial charge in [-0.25, -0.2) is 4.79 Å². The van der Waals surface area contributed by atoms with Crippen LogP contribution >= 0.6 is 0 Å². The lowest BCUT2D eigenvalue weighted by molar-refractivity contribution is 0.0546. The molecule has 5 heteroatoms. The summed E-state index contributed by atoms with van der Waals surface area (Å²) in [5.41, 5.74) is 0.164. The third-order valence-corrected chi connectivity index (χ3v) is 2.20. The molecule has 0 atom stereocenters. The molecule has 0 heterocycles. The Morgan fingerprint density at radius 2 is 2.00 bits per heavy atom. The number of ether oxygens (including phenoxy) is 3. The maximum absolute atomic E-state index is 10.8. The predicted molar refractivity (Wildman–Crippen MR) is 66.5 cm³/mol. The molecular weight excluding hydrogens is 236 g/mol. The van der Waals surface area contributed by atoms with Crippen LogP contribution in [0.15, 0.2) is 18.2 Å². The summed E-state index contributed by atoms with van der Waals surface area (Å²) in [6, 6.07) is 4.49. The molecule has 1 N–H and O–H groups in total. The molecule has 0 amide bonds. The molecule has 0 aromatic heterocycles. The number of hydrogen-bond donors (Lipinski definition) is 1. The first-order valence-electron chi connectivity index (χ1n) is 5.70. The van der Waals surface area contributed by atoms with Crippen molar-refractivity contribution in [1.29, 1.82) is 0 Å². The maximum atomic E-state index is 10.8. The van der Waals surface area contributed by atoms with E-state index < -0.39 is 5.97 Å². The van der Waals surface area contributed by atoms with Crippen molar-refractivity contribution in [2.45, 2.75) is 20.0 Å². The molecule has 100 valence electrons. The molecule has 0 spiro atoms. The van der Waals surface area contributed by atoms with Crippen LogP contribution in [0.4, 0.5) is 0 Å². The molecule has 0 aliphatic rings. The van der Waals surface area contributed by atoms with Crippen LogP contribution in [-0.2, 0) is 4.74 Å². The van der Waals surface area contributed by atoms with Crippen LogP contribution in [0.3, 0.4) is 0 Å². The fourth-order valence-electron chi connectivity index (χ4n) is 1.36. The van der Waals surface area contributed by atoms with E-state index in [0.29, 0.717) is 24.7 Å². The molecule has 0 bridgehead atoms. The molecule has 0 unspecified atom stereocenters. The quantitative estimate of drug-likeness (QED) is 0.756. The Morgan fingerprint density at radius 3 is 2.56 bits per heavy atom. The fourth-order valence-corrected chi connectivity index (χ4v) is 1.36. The predicted octanol–water partition coefficient (Wildman–Crippen LogP) is 2.20. The minimum atomic E-state index is -0.997. The third kappa shape index (κ3) is 4.25. The van der Waals surface area contributed by atoms with Crippen LogP contribution < -0.4 is 9.47 Å². The van der Waals surface area contributed by atoms with Crippen LogP contribution in [0.5, 0.6) is 11.5 Å². The Morgan fingerprint density at radius 1 is 1.28 bits per heavy atom. The second kappa shape index (κ2) is 6.86. The highest BCUT2D eigenvalue weighted by molar-refractivity contribution is 5.88. The molecule has 0 aliphatic carbocycles. The van der Waals surface area contributed by atoms with Crippen molar-refractivity contribution in [3.8, 4) is 11.5 Å². The number of hydrogen-bond acceptors (Lipinski definition) is 4. The van der Waals surface area contributed by atoms with Gasteiger partial charge in [0.25, 0.3) is 0 Å². The lowest BCUT2D eigenvalue weighted by Crippen LogP contribution is -2.11. The van der Waals surface area contributed by atoms with Gasteiger partial charge in [0, 0.05) is 0 Å². The van der Waals surface area contributed by atoms with E-state index in [9.17, 15) is 4.79 Å². The Hall–Kier alpha value is -1.75. The lowest BCUT2D eigenvalue weighted by Gasteiger charge is -2.12. The summed E-state index contributed by atoms with van der Waals surface area (Å²) in [4.78, 5) is 10.8. The number of carboxylic acid groups (broad SMARTS) is 1. The van der Waals surface area contributed by atoms with Gasteiger partial charge >= 0.3 is 5.97 Å². The summed E-state index contributed by atoms with van der Waals surface area (Å²) in [6.07, 6.45) is 0.157. The Labute approximate surface area is 106 Å². The van der Waals surface area contributed by atoms with Crippen molar-refractivity contribution < 1.29 is 24.1 Å². The number of rotatable bonds is 7. The van der Waals surface area contributed by atoms with Crippen LogP contribution in [0.2, 0.25) is 0 Å². The van der Waals surface area contributed by atoms with Gasteiger partial charge in [-0.15, -0.1) is 0 Å². The number of carbonyl (C=O) groups is 1. The van der Waals surface area contributed by atoms with E-state index in [1.165, 1.54) is 19.2 Å². The van der Waals surface area contributed by atoms with Crippen molar-refractivity contribution in [3.63, 3.8) is 0 Å². The summed E-state index contributed by atoms with van der Waals surface area (Å²) in [5.74, 6) is -0.0858. The van der Waals surface area contributed by atoms with Gasteiger partial charge in [-0.1, -0.05) is 0 Å². The van der Waals surface area contributed by atoms with Crippen molar-refractivity contribution >= 4 is 5.97 Å². The van der Waals surface area contributed by atoms with E-state index in [-0.39, 0.29) is 11.7 Å². The maximum Gasteiger partial charge on any atom is 0.335 e. The fraction of sp³-hybridized carbons (Fsp3) is 0.462. The minimum Gasteiger partial charge on any atom is -0.493 e. The molecule has 0 saturated heterocycles. The van der Waals surface area contributed by atoms with Gasteiger partial charge < -0.3 is 19.3 Å². The van der Waals surface area contributed by atoms with Crippen molar-refractivity contribution in [1.82, 2.24) is 0 Å². The van der Waals surface area contributed by atoms with Crippen LogP contribution in [-0.4, -0.2) is 37.5 Å². The van der Waals surface area contributed by atoms with Gasteiger partial charge in [0.2, 0.25) is 0 Å². The first-order chi connectivity index (χ1) is 8.54. The molecule has 0 aliphatic heterocycles. The molecule has 1 aromatic carbocycles. The van der Waals surface area contributed by atoms with Crippen molar-refractivity contribution in [2.75, 3.05) is 20.3 Å². The van der Waals surface area contributed by atoms with Gasteiger partial charge in [0.05, 0.1) is 25.4 Å². The van der Waals surface area contributed by atoms with Gasteiger partial charge in [0.15, 0.2) is 11.5 Å². The van der Waals surface area contributed by atoms with Crippen molar-refractivity contribution in [3.05, 3.63) is 23.8 Å². The van der Waals surface area contributed by atoms with Gasteiger partial charge in [-0.3, -0.25) is 0 Å². The molecule has 1 aromatic rings. The van der Waals surface area contributed by atoms with E-state index in [4.69, 9.17) is 19.3 Å². The third-order valence-electron chi connectivity index (χ3n) is 2.20.